The molecule has 1 unspecified atom stereocenters. The van der Waals surface area contributed by atoms with E-state index in [2.05, 4.69) is 91.9 Å². The second-order valence-corrected chi connectivity index (χ2v) is 25.7. The number of rotatable bonds is 6. The van der Waals surface area contributed by atoms with Crippen LogP contribution in [0.25, 0.3) is 0 Å². The van der Waals surface area contributed by atoms with Crippen LogP contribution >= 0.6 is 0 Å². The summed E-state index contributed by atoms with van der Waals surface area (Å²) >= 11 is -2.21. The van der Waals surface area contributed by atoms with Crippen LogP contribution in [0.5, 0.6) is 0 Å². The molecule has 2 aliphatic rings. The number of allylic oxidation sites excluding steroid dienone is 4. The predicted molar refractivity (Wildman–Crippen MR) is 145 cm³/mol. The maximum absolute atomic E-state index is 4.54. The molecule has 2 aromatic carbocycles. The molecule has 1 fully saturated rings. The van der Waals surface area contributed by atoms with E-state index in [1.54, 1.807) is 27.1 Å². The average Bonchev–Trinajstić information content (AvgIpc) is 2.99. The van der Waals surface area contributed by atoms with Gasteiger partial charge in [-0.25, -0.2) is 0 Å². The molecule has 0 spiro atoms. The van der Waals surface area contributed by atoms with Crippen molar-refractivity contribution < 1.29 is 0 Å². The van der Waals surface area contributed by atoms with E-state index in [0.717, 1.165) is 6.04 Å². The Hall–Kier alpha value is -1.10. The van der Waals surface area contributed by atoms with Gasteiger partial charge in [0.2, 0.25) is 0 Å². The molecule has 1 N–H and O–H groups in total. The standard InChI is InChI=1S/C12H11Si.C9H13.C8H16N.Sn/c1-3-7-11(8-4-1)13-12-9-5-2-6-10-12;1-6-5-7(2)9(4)8(6)3;9-8-6-4-2-1-3-5-7-8;/h1-10,13H;6H,1-4H3;8-9H,1-7H2;/q;;-1;+1. The molecule has 1 radical (unpaired) electrons. The van der Waals surface area contributed by atoms with Crippen molar-refractivity contribution in [1.29, 1.82) is 0 Å². The van der Waals surface area contributed by atoms with Gasteiger partial charge in [0.05, 0.1) is 0 Å². The van der Waals surface area contributed by atoms with E-state index in [0.29, 0.717) is 5.92 Å². The second kappa shape index (κ2) is 11.4. The number of benzene rings is 2. The quantitative estimate of drug-likeness (QED) is 0.460. The normalized spacial score (nSPS) is 20.9. The molecular weight excluding hydrogens is 509 g/mol. The second-order valence-electron chi connectivity index (χ2n) is 9.92. The van der Waals surface area contributed by atoms with Crippen LogP contribution in [0.4, 0.5) is 0 Å². The number of nitrogens with one attached hydrogen (secondary N) is 1. The molecular formula is C29H40NSiSn. The van der Waals surface area contributed by atoms with Crippen LogP contribution in [0.1, 0.15) is 72.6 Å². The zero-order valence-electron chi connectivity index (χ0n) is 20.5. The van der Waals surface area contributed by atoms with Gasteiger partial charge in [-0.05, 0) is 0 Å². The van der Waals surface area contributed by atoms with Gasteiger partial charge in [0.15, 0.2) is 0 Å². The Bertz CT molecular complexity index is 902. The Balaban J connectivity index is 1.79. The van der Waals surface area contributed by atoms with Crippen molar-refractivity contribution >= 4 is 35.9 Å². The van der Waals surface area contributed by atoms with E-state index >= 15 is 0 Å². The average molecular weight is 549 g/mol. The van der Waals surface area contributed by atoms with Crippen LogP contribution in [0, 0.1) is 5.92 Å². The summed E-state index contributed by atoms with van der Waals surface area (Å²) in [4.78, 5) is 0. The molecule has 0 heterocycles. The molecule has 0 aliphatic heterocycles. The van der Waals surface area contributed by atoms with Gasteiger partial charge in [-0.3, -0.25) is 0 Å². The minimum absolute atomic E-state index is 0.618. The van der Waals surface area contributed by atoms with Crippen LogP contribution in [0.2, 0.25) is 0 Å². The van der Waals surface area contributed by atoms with Gasteiger partial charge in [0.25, 0.3) is 0 Å². The summed E-state index contributed by atoms with van der Waals surface area (Å²) in [7, 11) is 0. The summed E-state index contributed by atoms with van der Waals surface area (Å²) < 4.78 is 6.41. The Kier molecular flexibility index (Phi) is 8.52. The number of hydrogen-bond donors (Lipinski definition) is 1. The van der Waals surface area contributed by atoms with Crippen LogP contribution in [-0.2, 0) is 0 Å². The minimum atomic E-state index is -2.21. The molecule has 0 amide bonds. The molecule has 32 heavy (non-hydrogen) atoms. The monoisotopic (exact) mass is 550 g/mol. The van der Waals surface area contributed by atoms with Crippen molar-refractivity contribution in [3.63, 3.8) is 0 Å². The van der Waals surface area contributed by atoms with E-state index in [4.69, 9.17) is 0 Å². The number of hydrogen-bond acceptors (Lipinski definition) is 1. The third-order valence-electron chi connectivity index (χ3n) is 7.95. The molecule has 0 saturated heterocycles. The third kappa shape index (κ3) is 5.34. The van der Waals surface area contributed by atoms with Gasteiger partial charge >= 0.3 is 205 Å². The Labute approximate surface area is 204 Å². The molecule has 1 nitrogen and oxygen atoms in total. The topological polar surface area (TPSA) is 12.0 Å². The van der Waals surface area contributed by atoms with Crippen molar-refractivity contribution in [2.24, 2.45) is 5.92 Å². The molecule has 4 rings (SSSR count). The Morgan fingerprint density at radius 1 is 0.719 bits per heavy atom. The van der Waals surface area contributed by atoms with E-state index in [1.165, 1.54) is 44.9 Å². The molecule has 1 saturated carbocycles. The maximum atomic E-state index is 4.54. The van der Waals surface area contributed by atoms with Crippen molar-refractivity contribution in [1.82, 2.24) is 3.54 Å². The fourth-order valence-electron chi connectivity index (χ4n) is 5.75. The van der Waals surface area contributed by atoms with Crippen molar-refractivity contribution in [3.8, 4) is 0 Å². The first-order valence-electron chi connectivity index (χ1n) is 12.7. The van der Waals surface area contributed by atoms with Gasteiger partial charge in [0.1, 0.15) is 0 Å². The summed E-state index contributed by atoms with van der Waals surface area (Å²) in [5, 5.41) is 3.28. The van der Waals surface area contributed by atoms with Crippen molar-refractivity contribution in [2.75, 3.05) is 0 Å². The molecule has 0 bridgehead atoms. The zero-order chi connectivity index (χ0) is 22.5. The molecule has 3 heteroatoms. The van der Waals surface area contributed by atoms with Gasteiger partial charge in [-0.1, -0.05) is 0 Å². The summed E-state index contributed by atoms with van der Waals surface area (Å²) in [5.41, 5.74) is 4.81. The fraction of sp³-hybridized carbons (Fsp3) is 0.448. The van der Waals surface area contributed by atoms with Crippen molar-refractivity contribution in [2.45, 2.75) is 78.7 Å². The Morgan fingerprint density at radius 3 is 1.69 bits per heavy atom. The van der Waals surface area contributed by atoms with E-state index in [9.17, 15) is 0 Å². The van der Waals surface area contributed by atoms with Gasteiger partial charge in [-0.2, -0.15) is 0 Å². The fourth-order valence-corrected chi connectivity index (χ4v) is 32.5. The molecule has 2 aromatic rings. The van der Waals surface area contributed by atoms with E-state index in [-0.39, 0.29) is 0 Å². The Morgan fingerprint density at radius 2 is 1.22 bits per heavy atom. The van der Waals surface area contributed by atoms with Crippen LogP contribution in [0.15, 0.2) is 81.0 Å². The summed E-state index contributed by atoms with van der Waals surface area (Å²) in [6.45, 7) is 9.67. The van der Waals surface area contributed by atoms with Gasteiger partial charge in [-0.15, -0.1) is 0 Å². The first-order chi connectivity index (χ1) is 15.6. The first-order valence-corrected chi connectivity index (χ1v) is 22.2. The van der Waals surface area contributed by atoms with Gasteiger partial charge < -0.3 is 0 Å². The van der Waals surface area contributed by atoms with Crippen LogP contribution in [-0.4, -0.2) is 31.6 Å². The third-order valence-corrected chi connectivity index (χ3v) is 30.5. The molecule has 0 aromatic heterocycles. The van der Waals surface area contributed by atoms with Gasteiger partial charge in [0, 0.05) is 0 Å². The van der Waals surface area contributed by atoms with E-state index in [1.807, 2.05) is 3.59 Å². The first kappa shape index (κ1) is 24.0. The molecule has 1 atom stereocenters. The summed E-state index contributed by atoms with van der Waals surface area (Å²) in [6.07, 6.45) is 8.50. The van der Waals surface area contributed by atoms with Crippen LogP contribution in [0.3, 0.4) is 0 Å². The van der Waals surface area contributed by atoms with Crippen molar-refractivity contribution in [3.05, 3.63) is 81.0 Å². The summed E-state index contributed by atoms with van der Waals surface area (Å²) in [6, 6.07) is 23.9. The zero-order valence-corrected chi connectivity index (χ0v) is 24.5. The SMILES string of the molecule is CC1=C(C)C(C)[C]([Sn]([NH]C2CCCCCCC2)[SiH](c2ccccc2)c2ccccc2)=C1C. The molecule has 169 valence electrons. The van der Waals surface area contributed by atoms with E-state index < -0.39 is 25.5 Å². The summed E-state index contributed by atoms with van der Waals surface area (Å²) in [5.74, 6) is 0.618. The van der Waals surface area contributed by atoms with Crippen LogP contribution < -0.4 is 13.9 Å². The predicted octanol–water partition coefficient (Wildman–Crippen LogP) is 5.64. The molecule has 2 aliphatic carbocycles.